The third kappa shape index (κ3) is 4.41. The Morgan fingerprint density at radius 2 is 1.76 bits per heavy atom. The summed E-state index contributed by atoms with van der Waals surface area (Å²) in [5.74, 6) is 0.739. The van der Waals surface area contributed by atoms with Crippen LogP contribution in [0.2, 0.25) is 0 Å². The van der Waals surface area contributed by atoms with Crippen molar-refractivity contribution in [2.24, 2.45) is 10.1 Å². The van der Waals surface area contributed by atoms with E-state index in [0.29, 0.717) is 0 Å². The molecular formula is C26H23BrN4O2. The van der Waals surface area contributed by atoms with Crippen LogP contribution in [0, 0.1) is 0 Å². The molecule has 0 saturated carbocycles. The van der Waals surface area contributed by atoms with Crippen molar-refractivity contribution in [2.75, 3.05) is 7.11 Å². The molecule has 6 nitrogen and oxygen atoms in total. The Morgan fingerprint density at radius 3 is 2.52 bits per heavy atom. The maximum absolute atomic E-state index is 12.2. The average Bonchev–Trinajstić information content (AvgIpc) is 3.30. The number of ether oxygens (including phenoxy) is 1. The summed E-state index contributed by atoms with van der Waals surface area (Å²) < 4.78 is 6.45. The fourth-order valence-electron chi connectivity index (χ4n) is 4.39. The minimum absolute atomic E-state index is 0.0180. The maximum atomic E-state index is 12.2. The van der Waals surface area contributed by atoms with Gasteiger partial charge in [0.05, 0.1) is 24.9 Å². The molecule has 1 N–H and O–H groups in total. The molecule has 2 aliphatic heterocycles. The molecule has 2 amide bonds. The molecule has 3 atom stereocenters. The van der Waals surface area contributed by atoms with Crippen molar-refractivity contribution in [2.45, 2.75) is 24.5 Å². The minimum atomic E-state index is -0.355. The van der Waals surface area contributed by atoms with Crippen LogP contribution >= 0.6 is 15.9 Å². The number of hydrazone groups is 1. The van der Waals surface area contributed by atoms with E-state index in [4.69, 9.17) is 9.84 Å². The first-order chi connectivity index (χ1) is 16.1. The average molecular weight is 503 g/mol. The second-order valence-corrected chi connectivity index (χ2v) is 8.95. The predicted octanol–water partition coefficient (Wildman–Crippen LogP) is 5.51. The molecular weight excluding hydrogens is 480 g/mol. The quantitative estimate of drug-likeness (QED) is 0.499. The normalized spacial score (nSPS) is 22.1. The van der Waals surface area contributed by atoms with E-state index < -0.39 is 0 Å². The topological polar surface area (TPSA) is 66.3 Å². The Morgan fingerprint density at radius 1 is 1.00 bits per heavy atom. The first kappa shape index (κ1) is 21.4. The Kier molecular flexibility index (Phi) is 5.96. The Hall–Kier alpha value is -3.45. The molecule has 3 aromatic rings. The smallest absolute Gasteiger partial charge is 0.341 e. The highest BCUT2D eigenvalue weighted by molar-refractivity contribution is 9.10. The number of benzene rings is 3. The van der Waals surface area contributed by atoms with Gasteiger partial charge < -0.3 is 10.1 Å². The van der Waals surface area contributed by atoms with Gasteiger partial charge in [-0.1, -0.05) is 70.5 Å². The summed E-state index contributed by atoms with van der Waals surface area (Å²) in [5, 5.41) is 10.2. The number of rotatable bonds is 5. The molecule has 166 valence electrons. The van der Waals surface area contributed by atoms with Gasteiger partial charge in [-0.05, 0) is 41.0 Å². The third-order valence-electron chi connectivity index (χ3n) is 6.03. The molecule has 0 saturated heterocycles. The lowest BCUT2D eigenvalue weighted by Crippen LogP contribution is -2.48. The zero-order valence-electron chi connectivity index (χ0n) is 18.1. The molecule has 0 aromatic heterocycles. The van der Waals surface area contributed by atoms with Gasteiger partial charge in [0.25, 0.3) is 0 Å². The van der Waals surface area contributed by atoms with Gasteiger partial charge in [0.15, 0.2) is 0 Å². The Bertz CT molecular complexity index is 1210. The highest BCUT2D eigenvalue weighted by Gasteiger charge is 2.39. The summed E-state index contributed by atoms with van der Waals surface area (Å²) in [4.78, 5) is 16.3. The van der Waals surface area contributed by atoms with Gasteiger partial charge in [-0.15, -0.1) is 0 Å². The van der Waals surface area contributed by atoms with Crippen LogP contribution in [-0.2, 0) is 0 Å². The lowest BCUT2D eigenvalue weighted by atomic mass is 9.94. The number of nitrogens with one attached hydrogen (secondary N) is 1. The Labute approximate surface area is 201 Å². The molecule has 0 bridgehead atoms. The number of amides is 2. The number of hydrogen-bond acceptors (Lipinski definition) is 4. The van der Waals surface area contributed by atoms with Crippen molar-refractivity contribution < 1.29 is 9.53 Å². The molecule has 0 spiro atoms. The van der Waals surface area contributed by atoms with Crippen LogP contribution in [0.1, 0.15) is 35.2 Å². The van der Waals surface area contributed by atoms with E-state index in [9.17, 15) is 4.79 Å². The predicted molar refractivity (Wildman–Crippen MR) is 133 cm³/mol. The molecule has 2 aliphatic rings. The molecule has 0 unspecified atom stereocenters. The van der Waals surface area contributed by atoms with Crippen molar-refractivity contribution in [1.29, 1.82) is 0 Å². The van der Waals surface area contributed by atoms with E-state index in [1.165, 1.54) is 5.56 Å². The largest absolute Gasteiger partial charge is 0.497 e. The fraction of sp³-hybridized carbons (Fsp3) is 0.192. The first-order valence-corrected chi connectivity index (χ1v) is 11.6. The number of halogens is 1. The molecule has 33 heavy (non-hydrogen) atoms. The van der Waals surface area contributed by atoms with Crippen molar-refractivity contribution in [3.63, 3.8) is 0 Å². The summed E-state index contributed by atoms with van der Waals surface area (Å²) in [5.41, 5.74) is 4.20. The third-order valence-corrected chi connectivity index (χ3v) is 6.56. The van der Waals surface area contributed by atoms with Gasteiger partial charge in [-0.2, -0.15) is 5.10 Å². The molecule has 0 aliphatic carbocycles. The number of carbonyl (C=O) groups excluding carboxylic acids is 1. The lowest BCUT2D eigenvalue weighted by Gasteiger charge is -2.37. The van der Waals surface area contributed by atoms with E-state index in [1.807, 2.05) is 54.6 Å². The van der Waals surface area contributed by atoms with Crippen molar-refractivity contribution in [3.8, 4) is 5.75 Å². The molecule has 2 heterocycles. The number of nitrogens with zero attached hydrogens (tertiary/aromatic N) is 3. The van der Waals surface area contributed by atoms with Crippen LogP contribution < -0.4 is 10.1 Å². The maximum Gasteiger partial charge on any atom is 0.341 e. The van der Waals surface area contributed by atoms with E-state index in [-0.39, 0.29) is 24.2 Å². The second-order valence-electron chi connectivity index (χ2n) is 8.04. The zero-order valence-corrected chi connectivity index (χ0v) is 19.6. The highest BCUT2D eigenvalue weighted by atomic mass is 79.9. The molecule has 5 rings (SSSR count). The summed E-state index contributed by atoms with van der Waals surface area (Å²) in [6, 6.07) is 25.4. The number of aliphatic imine (C=N–C) groups is 1. The SMILES string of the molecule is COc1cccc([C@@H]2NC(=O)N=C[C@H]2N2N=C(c3ccc(Br)cc3)C[C@@H]2c2ccccc2)c1. The molecule has 0 radical (unpaired) electrons. The van der Waals surface area contributed by atoms with Crippen LogP contribution in [0.5, 0.6) is 5.75 Å². The van der Waals surface area contributed by atoms with Gasteiger partial charge >= 0.3 is 6.03 Å². The van der Waals surface area contributed by atoms with Gasteiger partial charge in [0.2, 0.25) is 0 Å². The molecule has 0 fully saturated rings. The van der Waals surface area contributed by atoms with Crippen LogP contribution in [0.4, 0.5) is 4.79 Å². The van der Waals surface area contributed by atoms with Gasteiger partial charge in [-0.3, -0.25) is 5.01 Å². The summed E-state index contributed by atoms with van der Waals surface area (Å²) in [6.07, 6.45) is 2.47. The molecule has 7 heteroatoms. The van der Waals surface area contributed by atoms with Gasteiger partial charge in [0.1, 0.15) is 11.8 Å². The standard InChI is InChI=1S/C26H23BrN4O2/c1-33-21-9-5-8-19(14-21)25-24(16-28-26(32)29-25)31-23(18-6-3-2-4-7-18)15-22(30-31)17-10-12-20(27)13-11-17/h2-14,16,23-25H,15H2,1H3,(H,29,32)/t23-,24-,25+/m1/s1. The van der Waals surface area contributed by atoms with E-state index in [2.05, 4.69) is 55.5 Å². The second kappa shape index (κ2) is 9.19. The number of methoxy groups -OCH3 is 1. The summed E-state index contributed by atoms with van der Waals surface area (Å²) >= 11 is 3.51. The van der Waals surface area contributed by atoms with Crippen LogP contribution in [-0.4, -0.2) is 36.1 Å². The number of urea groups is 1. The first-order valence-electron chi connectivity index (χ1n) is 10.8. The summed E-state index contributed by atoms with van der Waals surface area (Å²) in [7, 11) is 1.64. The van der Waals surface area contributed by atoms with E-state index >= 15 is 0 Å². The zero-order chi connectivity index (χ0) is 22.8. The van der Waals surface area contributed by atoms with Gasteiger partial charge in [-0.25, -0.2) is 9.79 Å². The van der Waals surface area contributed by atoms with Gasteiger partial charge in [0, 0.05) is 17.1 Å². The van der Waals surface area contributed by atoms with Crippen molar-refractivity contribution in [1.82, 2.24) is 10.3 Å². The molecule has 3 aromatic carbocycles. The van der Waals surface area contributed by atoms with E-state index in [0.717, 1.165) is 33.5 Å². The number of hydrogen-bond donors (Lipinski definition) is 1. The monoisotopic (exact) mass is 502 g/mol. The minimum Gasteiger partial charge on any atom is -0.497 e. The van der Waals surface area contributed by atoms with Crippen LogP contribution in [0.15, 0.2) is 93.4 Å². The van der Waals surface area contributed by atoms with Crippen molar-refractivity contribution in [3.05, 3.63) is 100 Å². The Balaban J connectivity index is 1.57. The highest BCUT2D eigenvalue weighted by Crippen LogP contribution is 2.38. The number of carbonyl (C=O) groups is 1. The lowest BCUT2D eigenvalue weighted by molar-refractivity contribution is 0.167. The fourth-order valence-corrected chi connectivity index (χ4v) is 4.65. The van der Waals surface area contributed by atoms with Crippen LogP contribution in [0.25, 0.3) is 0 Å². The van der Waals surface area contributed by atoms with Crippen LogP contribution in [0.3, 0.4) is 0 Å². The summed E-state index contributed by atoms with van der Waals surface area (Å²) in [6.45, 7) is 0. The van der Waals surface area contributed by atoms with E-state index in [1.54, 1.807) is 13.3 Å². The van der Waals surface area contributed by atoms with Crippen molar-refractivity contribution >= 4 is 33.9 Å².